The maximum atomic E-state index is 12.4. The Morgan fingerprint density at radius 1 is 1.26 bits per heavy atom. The van der Waals surface area contributed by atoms with Crippen LogP contribution in [0.25, 0.3) is 0 Å². The molecular formula is C16H20ClN3O3. The summed E-state index contributed by atoms with van der Waals surface area (Å²) in [4.78, 5) is 29.8. The number of carbonyl (C=O) groups excluding carboxylic acids is 2. The van der Waals surface area contributed by atoms with E-state index in [1.54, 1.807) is 17.0 Å². The lowest BCUT2D eigenvalue weighted by atomic mass is 9.84. The molecule has 0 radical (unpaired) electrons. The molecule has 0 unspecified atom stereocenters. The molecule has 2 aliphatic rings. The third-order valence-electron chi connectivity index (χ3n) is 4.74. The van der Waals surface area contributed by atoms with E-state index in [-0.39, 0.29) is 29.8 Å². The molecular weight excluding hydrogens is 318 g/mol. The first-order valence-electron chi connectivity index (χ1n) is 7.88. The summed E-state index contributed by atoms with van der Waals surface area (Å²) in [5.41, 5.74) is 5.86. The van der Waals surface area contributed by atoms with Crippen molar-refractivity contribution in [2.45, 2.75) is 25.4 Å². The summed E-state index contributed by atoms with van der Waals surface area (Å²) in [6, 6.07) is 3.30. The number of amides is 2. The standard InChI is InChI=1S/C16H20ClN3O3/c17-11-1-2-13(19-9-11)16(22)20-6-3-10(4-7-20)14-12(15(18)21)5-8-23-14/h1-2,9-10,12,14H,3-8H2,(H2,18,21)/t12-,14+/m0/s1. The SMILES string of the molecule is NC(=O)[C@H]1CCO[C@@H]1C1CCN(C(=O)c2ccc(Cl)cn2)CC1. The largest absolute Gasteiger partial charge is 0.377 e. The van der Waals surface area contributed by atoms with Gasteiger partial charge in [-0.2, -0.15) is 0 Å². The van der Waals surface area contributed by atoms with Gasteiger partial charge in [0.25, 0.3) is 5.91 Å². The maximum absolute atomic E-state index is 12.4. The molecule has 6 nitrogen and oxygen atoms in total. The van der Waals surface area contributed by atoms with E-state index in [4.69, 9.17) is 22.1 Å². The van der Waals surface area contributed by atoms with E-state index in [1.807, 2.05) is 0 Å². The van der Waals surface area contributed by atoms with E-state index < -0.39 is 0 Å². The number of hydrogen-bond acceptors (Lipinski definition) is 4. The Morgan fingerprint density at radius 3 is 2.61 bits per heavy atom. The Labute approximate surface area is 139 Å². The summed E-state index contributed by atoms with van der Waals surface area (Å²) in [5.74, 6) is -0.285. The number of pyridine rings is 1. The minimum atomic E-state index is -0.281. The zero-order chi connectivity index (χ0) is 16.4. The summed E-state index contributed by atoms with van der Waals surface area (Å²) in [6.45, 7) is 1.87. The molecule has 3 heterocycles. The number of halogens is 1. The summed E-state index contributed by atoms with van der Waals surface area (Å²) >= 11 is 5.79. The molecule has 2 N–H and O–H groups in total. The topological polar surface area (TPSA) is 85.5 Å². The van der Waals surface area contributed by atoms with Gasteiger partial charge in [-0.3, -0.25) is 9.59 Å². The van der Waals surface area contributed by atoms with Crippen molar-refractivity contribution in [1.29, 1.82) is 0 Å². The second kappa shape index (κ2) is 6.84. The molecule has 0 spiro atoms. The highest BCUT2D eigenvalue weighted by atomic mass is 35.5. The highest BCUT2D eigenvalue weighted by molar-refractivity contribution is 6.30. The number of aromatic nitrogens is 1. The zero-order valence-electron chi connectivity index (χ0n) is 12.8. The highest BCUT2D eigenvalue weighted by Gasteiger charge is 2.39. The van der Waals surface area contributed by atoms with Crippen molar-refractivity contribution in [2.75, 3.05) is 19.7 Å². The van der Waals surface area contributed by atoms with Crippen molar-refractivity contribution in [3.63, 3.8) is 0 Å². The molecule has 7 heteroatoms. The van der Waals surface area contributed by atoms with Crippen LogP contribution in [0.1, 0.15) is 29.8 Å². The molecule has 0 aliphatic carbocycles. The first-order valence-corrected chi connectivity index (χ1v) is 8.26. The van der Waals surface area contributed by atoms with E-state index >= 15 is 0 Å². The number of rotatable bonds is 3. The second-order valence-electron chi connectivity index (χ2n) is 6.12. The van der Waals surface area contributed by atoms with Gasteiger partial charge in [0.1, 0.15) is 5.69 Å². The molecule has 2 aliphatic heterocycles. The molecule has 23 heavy (non-hydrogen) atoms. The smallest absolute Gasteiger partial charge is 0.272 e. The molecule has 0 aromatic carbocycles. The van der Waals surface area contributed by atoms with Crippen molar-refractivity contribution in [3.8, 4) is 0 Å². The third kappa shape index (κ3) is 3.48. The van der Waals surface area contributed by atoms with Gasteiger partial charge in [0.05, 0.1) is 17.0 Å². The van der Waals surface area contributed by atoms with Gasteiger partial charge in [-0.25, -0.2) is 4.98 Å². The Morgan fingerprint density at radius 2 is 2.00 bits per heavy atom. The number of ether oxygens (including phenoxy) is 1. The van der Waals surface area contributed by atoms with Gasteiger partial charge in [0.15, 0.2) is 0 Å². The van der Waals surface area contributed by atoms with Gasteiger partial charge in [-0.05, 0) is 37.3 Å². The average Bonchev–Trinajstić information content (AvgIpc) is 3.05. The molecule has 2 fully saturated rings. The van der Waals surface area contributed by atoms with Crippen molar-refractivity contribution < 1.29 is 14.3 Å². The van der Waals surface area contributed by atoms with Crippen LogP contribution in [0, 0.1) is 11.8 Å². The van der Waals surface area contributed by atoms with Gasteiger partial charge in [0.2, 0.25) is 5.91 Å². The summed E-state index contributed by atoms with van der Waals surface area (Å²) < 4.78 is 5.73. The van der Waals surface area contributed by atoms with E-state index in [0.29, 0.717) is 36.8 Å². The predicted molar refractivity (Wildman–Crippen MR) is 84.9 cm³/mol. The van der Waals surface area contributed by atoms with E-state index in [9.17, 15) is 9.59 Å². The van der Waals surface area contributed by atoms with Crippen molar-refractivity contribution >= 4 is 23.4 Å². The van der Waals surface area contributed by atoms with Gasteiger partial charge >= 0.3 is 0 Å². The van der Waals surface area contributed by atoms with Crippen LogP contribution in [-0.4, -0.2) is 47.5 Å². The fourth-order valence-corrected chi connectivity index (χ4v) is 3.59. The number of nitrogens with two attached hydrogens (primary N) is 1. The maximum Gasteiger partial charge on any atom is 0.272 e. The van der Waals surface area contributed by atoms with Crippen molar-refractivity contribution in [2.24, 2.45) is 17.6 Å². The van der Waals surface area contributed by atoms with Crippen LogP contribution in [0.15, 0.2) is 18.3 Å². The number of primary amides is 1. The molecule has 0 bridgehead atoms. The molecule has 3 rings (SSSR count). The molecule has 2 amide bonds. The third-order valence-corrected chi connectivity index (χ3v) is 4.96. The highest BCUT2D eigenvalue weighted by Crippen LogP contribution is 2.33. The van der Waals surface area contributed by atoms with Crippen LogP contribution in [0.3, 0.4) is 0 Å². The number of carbonyl (C=O) groups is 2. The van der Waals surface area contributed by atoms with E-state index in [2.05, 4.69) is 4.98 Å². The van der Waals surface area contributed by atoms with Crippen molar-refractivity contribution in [3.05, 3.63) is 29.0 Å². The van der Waals surface area contributed by atoms with Crippen LogP contribution in [0.5, 0.6) is 0 Å². The lowest BCUT2D eigenvalue weighted by molar-refractivity contribution is -0.124. The average molecular weight is 338 g/mol. The van der Waals surface area contributed by atoms with Gasteiger partial charge in [0, 0.05) is 25.9 Å². The van der Waals surface area contributed by atoms with Crippen LogP contribution < -0.4 is 5.73 Å². The summed E-state index contributed by atoms with van der Waals surface area (Å²) in [6.07, 6.45) is 3.71. The van der Waals surface area contributed by atoms with Gasteiger partial charge < -0.3 is 15.4 Å². The molecule has 0 saturated carbocycles. The van der Waals surface area contributed by atoms with Gasteiger partial charge in [-0.1, -0.05) is 11.6 Å². The second-order valence-corrected chi connectivity index (χ2v) is 6.56. The Bertz CT molecular complexity index is 585. The van der Waals surface area contributed by atoms with Crippen LogP contribution in [-0.2, 0) is 9.53 Å². The van der Waals surface area contributed by atoms with Crippen LogP contribution >= 0.6 is 11.6 Å². The molecule has 1 aromatic rings. The zero-order valence-corrected chi connectivity index (χ0v) is 13.5. The fraction of sp³-hybridized carbons (Fsp3) is 0.562. The molecule has 1 aromatic heterocycles. The first-order chi connectivity index (χ1) is 11.1. The Balaban J connectivity index is 1.59. The lowest BCUT2D eigenvalue weighted by Crippen LogP contribution is -2.44. The minimum Gasteiger partial charge on any atom is -0.377 e. The summed E-state index contributed by atoms with van der Waals surface area (Å²) in [5, 5.41) is 0.510. The van der Waals surface area contributed by atoms with Crippen LogP contribution in [0.2, 0.25) is 5.02 Å². The van der Waals surface area contributed by atoms with Crippen LogP contribution in [0.4, 0.5) is 0 Å². The van der Waals surface area contributed by atoms with E-state index in [1.165, 1.54) is 6.20 Å². The number of likely N-dealkylation sites (tertiary alicyclic amines) is 1. The van der Waals surface area contributed by atoms with Crippen molar-refractivity contribution in [1.82, 2.24) is 9.88 Å². The summed E-state index contributed by atoms with van der Waals surface area (Å²) in [7, 11) is 0. The minimum absolute atomic E-state index is 0.0843. The number of nitrogens with zero attached hydrogens (tertiary/aromatic N) is 2. The Kier molecular flexibility index (Phi) is 4.82. The number of hydrogen-bond donors (Lipinski definition) is 1. The molecule has 2 saturated heterocycles. The normalized spacial score (nSPS) is 25.5. The quantitative estimate of drug-likeness (QED) is 0.905. The predicted octanol–water partition coefficient (Wildman–Crippen LogP) is 1.48. The monoisotopic (exact) mass is 337 g/mol. The number of piperidine rings is 1. The lowest BCUT2D eigenvalue weighted by Gasteiger charge is -2.35. The fourth-order valence-electron chi connectivity index (χ4n) is 3.48. The molecule has 124 valence electrons. The van der Waals surface area contributed by atoms with E-state index in [0.717, 1.165) is 12.8 Å². The Hall–Kier alpha value is -1.66. The van der Waals surface area contributed by atoms with Gasteiger partial charge in [-0.15, -0.1) is 0 Å². The molecule has 2 atom stereocenters. The first kappa shape index (κ1) is 16.2.